The Morgan fingerprint density at radius 1 is 0.644 bits per heavy atom. The minimum Gasteiger partial charge on any atom is -0.457 e. The van der Waals surface area contributed by atoms with Crippen LogP contribution in [0.4, 0.5) is 0 Å². The maximum atomic E-state index is 6.55. The largest absolute Gasteiger partial charge is 0.457 e. The van der Waals surface area contributed by atoms with Crippen LogP contribution in [0, 0.1) is 13.8 Å². The minimum absolute atomic E-state index is 0.289. The third-order valence-corrected chi connectivity index (χ3v) is 9.83. The second kappa shape index (κ2) is 9.57. The second-order valence-corrected chi connectivity index (χ2v) is 12.4. The summed E-state index contributed by atoms with van der Waals surface area (Å²) in [4.78, 5) is 15.3. The number of rotatable bonds is 2. The summed E-state index contributed by atoms with van der Waals surface area (Å²) in [5.41, 5.74) is 14.0. The SMILES string of the molecule is Cc1ccc(-c2nc3c(c(-c4cccc5c4-c4ccccc4C54c5ccccc5Oc5ccccc54)n2)C(C)CC=C3)c(C)n1. The van der Waals surface area contributed by atoms with Crippen molar-refractivity contribution in [1.29, 1.82) is 0 Å². The molecule has 3 heterocycles. The summed E-state index contributed by atoms with van der Waals surface area (Å²) in [7, 11) is 0. The molecule has 1 atom stereocenters. The smallest absolute Gasteiger partial charge is 0.162 e. The van der Waals surface area contributed by atoms with Crippen LogP contribution in [0.2, 0.25) is 0 Å². The van der Waals surface area contributed by atoms with Crippen molar-refractivity contribution < 1.29 is 4.74 Å². The number of para-hydroxylation sites is 2. The Hall–Kier alpha value is -5.35. The molecule has 9 rings (SSSR count). The van der Waals surface area contributed by atoms with Crippen molar-refractivity contribution in [1.82, 2.24) is 15.0 Å². The third-order valence-electron chi connectivity index (χ3n) is 9.83. The summed E-state index contributed by atoms with van der Waals surface area (Å²) in [6.45, 7) is 6.36. The minimum atomic E-state index is -0.522. The molecule has 216 valence electrons. The molecule has 1 unspecified atom stereocenters. The zero-order chi connectivity index (χ0) is 30.3. The lowest BCUT2D eigenvalue weighted by molar-refractivity contribution is 0.436. The van der Waals surface area contributed by atoms with Gasteiger partial charge in [-0.2, -0.15) is 0 Å². The van der Waals surface area contributed by atoms with Gasteiger partial charge in [-0.3, -0.25) is 4.98 Å². The Kier molecular flexibility index (Phi) is 5.55. The first-order valence-corrected chi connectivity index (χ1v) is 15.7. The highest BCUT2D eigenvalue weighted by atomic mass is 16.5. The average molecular weight is 582 g/mol. The topological polar surface area (TPSA) is 47.9 Å². The summed E-state index contributed by atoms with van der Waals surface area (Å²) < 4.78 is 6.55. The van der Waals surface area contributed by atoms with E-state index in [-0.39, 0.29) is 5.92 Å². The van der Waals surface area contributed by atoms with Gasteiger partial charge in [-0.1, -0.05) is 91.9 Å². The molecule has 0 bridgehead atoms. The molecule has 3 aliphatic rings. The van der Waals surface area contributed by atoms with E-state index in [1.165, 1.54) is 27.8 Å². The lowest BCUT2D eigenvalue weighted by atomic mass is 9.66. The van der Waals surface area contributed by atoms with Crippen molar-refractivity contribution in [2.24, 2.45) is 0 Å². The van der Waals surface area contributed by atoms with Gasteiger partial charge in [0.2, 0.25) is 0 Å². The molecule has 0 saturated heterocycles. The van der Waals surface area contributed by atoms with Crippen LogP contribution in [-0.2, 0) is 5.41 Å². The van der Waals surface area contributed by atoms with E-state index in [0.29, 0.717) is 5.82 Å². The van der Waals surface area contributed by atoms with Crippen molar-refractivity contribution in [2.45, 2.75) is 38.5 Å². The molecule has 4 heteroatoms. The molecule has 0 radical (unpaired) electrons. The number of pyridine rings is 1. The van der Waals surface area contributed by atoms with Crippen LogP contribution in [0.5, 0.6) is 11.5 Å². The van der Waals surface area contributed by atoms with Gasteiger partial charge in [0.25, 0.3) is 0 Å². The number of aromatic nitrogens is 3. The predicted molar refractivity (Wildman–Crippen MR) is 180 cm³/mol. The fraction of sp³-hybridized carbons (Fsp3) is 0.146. The monoisotopic (exact) mass is 581 g/mol. The Labute approximate surface area is 263 Å². The maximum absolute atomic E-state index is 6.55. The van der Waals surface area contributed by atoms with Crippen molar-refractivity contribution in [2.75, 3.05) is 0 Å². The molecule has 2 aliphatic carbocycles. The molecule has 2 aromatic heterocycles. The number of nitrogens with zero attached hydrogens (tertiary/aromatic N) is 3. The van der Waals surface area contributed by atoms with Gasteiger partial charge < -0.3 is 4.74 Å². The zero-order valence-corrected chi connectivity index (χ0v) is 25.5. The zero-order valence-electron chi connectivity index (χ0n) is 25.5. The second-order valence-electron chi connectivity index (χ2n) is 12.4. The molecule has 0 fully saturated rings. The van der Waals surface area contributed by atoms with Crippen LogP contribution in [-0.4, -0.2) is 15.0 Å². The van der Waals surface area contributed by atoms with Crippen molar-refractivity contribution in [3.05, 3.63) is 154 Å². The van der Waals surface area contributed by atoms with E-state index in [1.54, 1.807) is 0 Å². The number of aryl methyl sites for hydroxylation is 2. The highest BCUT2D eigenvalue weighted by molar-refractivity contribution is 5.97. The fourth-order valence-electron chi connectivity index (χ4n) is 7.95. The molecule has 0 N–H and O–H groups in total. The van der Waals surface area contributed by atoms with Gasteiger partial charge in [0, 0.05) is 39.2 Å². The first-order valence-electron chi connectivity index (χ1n) is 15.7. The van der Waals surface area contributed by atoms with Crippen LogP contribution in [0.25, 0.3) is 39.8 Å². The van der Waals surface area contributed by atoms with Crippen LogP contribution in [0.3, 0.4) is 0 Å². The van der Waals surface area contributed by atoms with Gasteiger partial charge >= 0.3 is 0 Å². The predicted octanol–water partition coefficient (Wildman–Crippen LogP) is 9.81. The van der Waals surface area contributed by atoms with E-state index in [1.807, 2.05) is 19.9 Å². The Morgan fingerprint density at radius 2 is 1.31 bits per heavy atom. The molecular weight excluding hydrogens is 550 g/mol. The van der Waals surface area contributed by atoms with E-state index in [4.69, 9.17) is 19.7 Å². The fourth-order valence-corrected chi connectivity index (χ4v) is 7.95. The van der Waals surface area contributed by atoms with E-state index >= 15 is 0 Å². The standard InChI is InChI=1S/C41H31N3O/c1-24-12-10-19-34-37(24)39(44-40(43-34)27-23-22-25(2)42-26(27)3)29-14-11-18-33-38(29)28-13-4-5-15-30(28)41(33)31-16-6-8-20-35(31)45-36-21-9-7-17-32(36)41/h4-11,13-24H,12H2,1-3H3. The van der Waals surface area contributed by atoms with Crippen LogP contribution < -0.4 is 4.74 Å². The van der Waals surface area contributed by atoms with Gasteiger partial charge in [-0.25, -0.2) is 9.97 Å². The Balaban J connectivity index is 1.40. The summed E-state index contributed by atoms with van der Waals surface area (Å²) in [6, 6.07) is 36.8. The quantitative estimate of drug-likeness (QED) is 0.204. The number of hydrogen-bond acceptors (Lipinski definition) is 4. The summed E-state index contributed by atoms with van der Waals surface area (Å²) in [5, 5.41) is 0. The lowest BCUT2D eigenvalue weighted by Gasteiger charge is -2.39. The normalized spacial score (nSPS) is 16.3. The van der Waals surface area contributed by atoms with Crippen molar-refractivity contribution in [3.8, 4) is 45.3 Å². The van der Waals surface area contributed by atoms with Gasteiger partial charge in [-0.15, -0.1) is 0 Å². The first-order chi connectivity index (χ1) is 22.1. The van der Waals surface area contributed by atoms with Gasteiger partial charge in [0.15, 0.2) is 5.82 Å². The van der Waals surface area contributed by atoms with Crippen LogP contribution >= 0.6 is 0 Å². The molecule has 6 aromatic rings. The summed E-state index contributed by atoms with van der Waals surface area (Å²) in [5.74, 6) is 2.80. The van der Waals surface area contributed by atoms with Crippen molar-refractivity contribution in [3.63, 3.8) is 0 Å². The number of fused-ring (bicyclic) bond motifs is 10. The maximum Gasteiger partial charge on any atom is 0.162 e. The molecule has 1 spiro atoms. The number of allylic oxidation sites excluding steroid dienone is 1. The average Bonchev–Trinajstić information content (AvgIpc) is 3.35. The van der Waals surface area contributed by atoms with E-state index in [0.717, 1.165) is 62.9 Å². The van der Waals surface area contributed by atoms with E-state index in [9.17, 15) is 0 Å². The van der Waals surface area contributed by atoms with Gasteiger partial charge in [-0.05, 0) is 78.8 Å². The van der Waals surface area contributed by atoms with Crippen molar-refractivity contribution >= 4 is 6.08 Å². The highest BCUT2D eigenvalue weighted by Gasteiger charge is 2.51. The summed E-state index contributed by atoms with van der Waals surface area (Å²) >= 11 is 0. The first kappa shape index (κ1) is 26.1. The number of hydrogen-bond donors (Lipinski definition) is 0. The number of ether oxygens (including phenoxy) is 1. The molecular formula is C41H31N3O. The third kappa shape index (κ3) is 3.57. The van der Waals surface area contributed by atoms with Gasteiger partial charge in [0.1, 0.15) is 11.5 Å². The molecule has 4 nitrogen and oxygen atoms in total. The Bertz CT molecular complexity index is 2180. The lowest BCUT2D eigenvalue weighted by Crippen LogP contribution is -2.32. The summed E-state index contributed by atoms with van der Waals surface area (Å²) in [6.07, 6.45) is 5.37. The van der Waals surface area contributed by atoms with E-state index in [2.05, 4.69) is 116 Å². The molecule has 0 amide bonds. The number of benzene rings is 4. The molecule has 1 aliphatic heterocycles. The molecule has 4 aromatic carbocycles. The highest BCUT2D eigenvalue weighted by Crippen LogP contribution is 2.63. The molecule has 45 heavy (non-hydrogen) atoms. The Morgan fingerprint density at radius 3 is 2.07 bits per heavy atom. The van der Waals surface area contributed by atoms with Crippen LogP contribution in [0.15, 0.2) is 109 Å². The molecule has 0 saturated carbocycles. The van der Waals surface area contributed by atoms with E-state index < -0.39 is 5.41 Å². The van der Waals surface area contributed by atoms with Crippen LogP contribution in [0.1, 0.15) is 64.2 Å². The van der Waals surface area contributed by atoms with Gasteiger partial charge in [0.05, 0.1) is 16.8 Å².